The summed E-state index contributed by atoms with van der Waals surface area (Å²) < 4.78 is 0. The van der Waals surface area contributed by atoms with Crippen molar-refractivity contribution in [2.75, 3.05) is 32.7 Å². The molecule has 4 rings (SSSR count). The Bertz CT molecular complexity index is 678. The molecule has 3 atom stereocenters. The van der Waals surface area contributed by atoms with Crippen LogP contribution in [0.3, 0.4) is 0 Å². The van der Waals surface area contributed by atoms with Gasteiger partial charge in [0.25, 0.3) is 0 Å². The lowest BCUT2D eigenvalue weighted by Crippen LogP contribution is -2.31. The van der Waals surface area contributed by atoms with Crippen LogP contribution in [0.25, 0.3) is 0 Å². The molecule has 0 bridgehead atoms. The molecule has 2 aliphatic rings. The van der Waals surface area contributed by atoms with Gasteiger partial charge >= 0.3 is 0 Å². The lowest BCUT2D eigenvalue weighted by atomic mass is 10.0. The van der Waals surface area contributed by atoms with Gasteiger partial charge in [-0.3, -0.25) is 14.8 Å². The molecule has 0 radical (unpaired) electrons. The van der Waals surface area contributed by atoms with Crippen LogP contribution in [0.4, 0.5) is 0 Å². The van der Waals surface area contributed by atoms with E-state index in [9.17, 15) is 10.2 Å². The fourth-order valence-corrected chi connectivity index (χ4v) is 4.24. The van der Waals surface area contributed by atoms with Crippen LogP contribution in [0.1, 0.15) is 17.4 Å². The highest BCUT2D eigenvalue weighted by Gasteiger charge is 2.40. The van der Waals surface area contributed by atoms with Crippen LogP contribution < -0.4 is 0 Å². The van der Waals surface area contributed by atoms with E-state index < -0.39 is 6.10 Å². The number of aliphatic hydroxyl groups excluding tert-OH is 1. The third-order valence-corrected chi connectivity index (χ3v) is 5.43. The van der Waals surface area contributed by atoms with Crippen LogP contribution >= 0.6 is 0 Å². The molecule has 0 saturated carbocycles. The van der Waals surface area contributed by atoms with Crippen molar-refractivity contribution >= 4 is 0 Å². The minimum Gasteiger partial charge on any atom is -0.506 e. The molecular formula is C20H25N3O2. The zero-order valence-corrected chi connectivity index (χ0v) is 14.3. The molecule has 1 aromatic heterocycles. The van der Waals surface area contributed by atoms with Gasteiger partial charge in [-0.25, -0.2) is 0 Å². The molecule has 3 unspecified atom stereocenters. The van der Waals surface area contributed by atoms with Gasteiger partial charge in [0, 0.05) is 39.3 Å². The zero-order valence-electron chi connectivity index (χ0n) is 14.3. The molecule has 2 aromatic rings. The monoisotopic (exact) mass is 339 g/mol. The van der Waals surface area contributed by atoms with E-state index >= 15 is 0 Å². The summed E-state index contributed by atoms with van der Waals surface area (Å²) in [5.41, 5.74) is 2.01. The Balaban J connectivity index is 1.28. The summed E-state index contributed by atoms with van der Waals surface area (Å²) in [6.07, 6.45) is 0.790. The molecule has 2 saturated heterocycles. The number of pyridine rings is 1. The number of aliphatic hydroxyl groups is 1. The van der Waals surface area contributed by atoms with Gasteiger partial charge in [-0.2, -0.15) is 0 Å². The molecular weight excluding hydrogens is 314 g/mol. The summed E-state index contributed by atoms with van der Waals surface area (Å²) in [6, 6.07) is 13.9. The number of likely N-dealkylation sites (tertiary alicyclic amines) is 2. The first-order valence-corrected chi connectivity index (χ1v) is 8.99. The Morgan fingerprint density at radius 2 is 1.64 bits per heavy atom. The molecule has 0 aliphatic carbocycles. The van der Waals surface area contributed by atoms with Gasteiger partial charge in [0.1, 0.15) is 11.9 Å². The van der Waals surface area contributed by atoms with Crippen LogP contribution in [-0.2, 0) is 6.54 Å². The first-order valence-electron chi connectivity index (χ1n) is 8.99. The first-order chi connectivity index (χ1) is 12.2. The molecule has 5 nitrogen and oxygen atoms in total. The van der Waals surface area contributed by atoms with Crippen molar-refractivity contribution in [3.05, 3.63) is 59.9 Å². The summed E-state index contributed by atoms with van der Waals surface area (Å²) in [4.78, 5) is 9.03. The van der Waals surface area contributed by atoms with E-state index in [0.717, 1.165) is 32.7 Å². The molecule has 5 heteroatoms. The summed E-state index contributed by atoms with van der Waals surface area (Å²) in [6.45, 7) is 6.03. The number of aromatic nitrogens is 1. The van der Waals surface area contributed by atoms with Crippen LogP contribution in [0, 0.1) is 11.8 Å². The van der Waals surface area contributed by atoms with Crippen molar-refractivity contribution in [3.8, 4) is 5.75 Å². The van der Waals surface area contributed by atoms with E-state index in [-0.39, 0.29) is 5.75 Å². The number of benzene rings is 1. The largest absolute Gasteiger partial charge is 0.506 e. The minimum atomic E-state index is -0.597. The standard InChI is InChI=1S/C20H25N3O2/c24-18-6-7-19(21-8-18)20(25)14-23-12-16-10-22(11-17(16)13-23)9-15-4-2-1-3-5-15/h1-8,16-17,20,24-25H,9-14H2. The van der Waals surface area contributed by atoms with Crippen molar-refractivity contribution in [1.82, 2.24) is 14.8 Å². The van der Waals surface area contributed by atoms with Crippen LogP contribution in [0.5, 0.6) is 5.75 Å². The van der Waals surface area contributed by atoms with Crippen molar-refractivity contribution in [1.29, 1.82) is 0 Å². The van der Waals surface area contributed by atoms with Gasteiger partial charge in [0.05, 0.1) is 11.9 Å². The third-order valence-electron chi connectivity index (χ3n) is 5.43. The van der Waals surface area contributed by atoms with Crippen molar-refractivity contribution in [3.63, 3.8) is 0 Å². The zero-order chi connectivity index (χ0) is 17.2. The highest BCUT2D eigenvalue weighted by molar-refractivity contribution is 5.19. The van der Waals surface area contributed by atoms with E-state index in [1.54, 1.807) is 12.1 Å². The Morgan fingerprint density at radius 1 is 0.960 bits per heavy atom. The lowest BCUT2D eigenvalue weighted by Gasteiger charge is -2.23. The number of β-amino-alcohol motifs (C(OH)–C–C–N with tert-alkyl or cyclic N) is 1. The number of aromatic hydroxyl groups is 1. The number of hydrogen-bond acceptors (Lipinski definition) is 5. The Hall–Kier alpha value is -1.95. The molecule has 2 fully saturated rings. The molecule has 2 N–H and O–H groups in total. The lowest BCUT2D eigenvalue weighted by molar-refractivity contribution is 0.115. The van der Waals surface area contributed by atoms with E-state index in [1.165, 1.54) is 11.8 Å². The second-order valence-electron chi connectivity index (χ2n) is 7.38. The van der Waals surface area contributed by atoms with Gasteiger partial charge in [-0.1, -0.05) is 30.3 Å². The number of hydrogen-bond donors (Lipinski definition) is 2. The van der Waals surface area contributed by atoms with Gasteiger partial charge in [-0.15, -0.1) is 0 Å². The maximum absolute atomic E-state index is 10.4. The average Bonchev–Trinajstić information content (AvgIpc) is 3.14. The topological polar surface area (TPSA) is 59.8 Å². The summed E-state index contributed by atoms with van der Waals surface area (Å²) >= 11 is 0. The van der Waals surface area contributed by atoms with Gasteiger partial charge in [0.2, 0.25) is 0 Å². The Labute approximate surface area is 148 Å². The maximum Gasteiger partial charge on any atom is 0.133 e. The fourth-order valence-electron chi connectivity index (χ4n) is 4.24. The molecule has 1 aromatic carbocycles. The van der Waals surface area contributed by atoms with Gasteiger partial charge < -0.3 is 10.2 Å². The normalized spacial score (nSPS) is 25.2. The Kier molecular flexibility index (Phi) is 4.70. The number of nitrogens with zero attached hydrogens (tertiary/aromatic N) is 3. The highest BCUT2D eigenvalue weighted by atomic mass is 16.3. The maximum atomic E-state index is 10.4. The molecule has 2 aliphatic heterocycles. The number of fused-ring (bicyclic) bond motifs is 1. The van der Waals surface area contributed by atoms with E-state index in [1.807, 2.05) is 0 Å². The fraction of sp³-hybridized carbons (Fsp3) is 0.450. The third kappa shape index (κ3) is 3.84. The molecule has 0 spiro atoms. The van der Waals surface area contributed by atoms with E-state index in [4.69, 9.17) is 0 Å². The summed E-state index contributed by atoms with van der Waals surface area (Å²) in [5, 5.41) is 19.7. The average molecular weight is 339 g/mol. The van der Waals surface area contributed by atoms with Gasteiger partial charge in [0.15, 0.2) is 0 Å². The second-order valence-corrected chi connectivity index (χ2v) is 7.38. The van der Waals surface area contributed by atoms with Crippen LogP contribution in [-0.4, -0.2) is 57.7 Å². The smallest absolute Gasteiger partial charge is 0.133 e. The van der Waals surface area contributed by atoms with E-state index in [2.05, 4.69) is 45.1 Å². The predicted octanol–water partition coefficient (Wildman–Crippen LogP) is 1.88. The highest BCUT2D eigenvalue weighted by Crippen LogP contribution is 2.32. The second kappa shape index (κ2) is 7.12. The quantitative estimate of drug-likeness (QED) is 0.871. The van der Waals surface area contributed by atoms with Crippen molar-refractivity contribution < 1.29 is 10.2 Å². The SMILES string of the molecule is Oc1ccc(C(O)CN2CC3CN(Cc4ccccc4)CC3C2)nc1. The molecule has 132 valence electrons. The first kappa shape index (κ1) is 16.5. The van der Waals surface area contributed by atoms with Crippen LogP contribution in [0.2, 0.25) is 0 Å². The van der Waals surface area contributed by atoms with Crippen LogP contribution in [0.15, 0.2) is 48.7 Å². The van der Waals surface area contributed by atoms with E-state index in [0.29, 0.717) is 24.1 Å². The van der Waals surface area contributed by atoms with Crippen molar-refractivity contribution in [2.45, 2.75) is 12.6 Å². The number of rotatable bonds is 5. The molecule has 3 heterocycles. The Morgan fingerprint density at radius 3 is 2.28 bits per heavy atom. The minimum absolute atomic E-state index is 0.130. The summed E-state index contributed by atoms with van der Waals surface area (Å²) in [5.74, 6) is 1.53. The predicted molar refractivity (Wildman–Crippen MR) is 96.0 cm³/mol. The van der Waals surface area contributed by atoms with Crippen molar-refractivity contribution in [2.24, 2.45) is 11.8 Å². The van der Waals surface area contributed by atoms with Gasteiger partial charge in [-0.05, 0) is 29.5 Å². The molecule has 25 heavy (non-hydrogen) atoms. The molecule has 0 amide bonds. The summed E-state index contributed by atoms with van der Waals surface area (Å²) in [7, 11) is 0.